The van der Waals surface area contributed by atoms with Crippen molar-refractivity contribution in [3.05, 3.63) is 51.7 Å². The first-order valence-corrected chi connectivity index (χ1v) is 8.31. The first-order valence-electron chi connectivity index (χ1n) is 5.99. The molecule has 1 aliphatic rings. The third-order valence-electron chi connectivity index (χ3n) is 3.30. The van der Waals surface area contributed by atoms with Gasteiger partial charge in [0.2, 0.25) is 10.0 Å². The maximum Gasteiger partial charge on any atom is 0.243 e. The monoisotopic (exact) mass is 315 g/mol. The van der Waals surface area contributed by atoms with Crippen LogP contribution in [0, 0.1) is 11.6 Å². The molecular formula is C13H11F2NO2S2. The summed E-state index contributed by atoms with van der Waals surface area (Å²) in [5.74, 6) is -2.21. The van der Waals surface area contributed by atoms with E-state index < -0.39 is 21.7 Å². The van der Waals surface area contributed by atoms with Gasteiger partial charge in [-0.3, -0.25) is 0 Å². The largest absolute Gasteiger partial charge is 0.243 e. The van der Waals surface area contributed by atoms with E-state index in [4.69, 9.17) is 0 Å². The van der Waals surface area contributed by atoms with E-state index in [1.165, 1.54) is 9.18 Å². The second-order valence-electron chi connectivity index (χ2n) is 4.53. The van der Waals surface area contributed by atoms with Crippen molar-refractivity contribution in [2.45, 2.75) is 17.9 Å². The van der Waals surface area contributed by atoms with Gasteiger partial charge >= 0.3 is 0 Å². The highest BCUT2D eigenvalue weighted by molar-refractivity contribution is 7.89. The molecule has 0 aliphatic carbocycles. The Bertz CT molecular complexity index is 755. The Kier molecular flexibility index (Phi) is 3.35. The smallest absolute Gasteiger partial charge is 0.207 e. The average molecular weight is 315 g/mol. The quantitative estimate of drug-likeness (QED) is 0.854. The fraction of sp³-hybridized carbons (Fsp3) is 0.231. The van der Waals surface area contributed by atoms with Crippen molar-refractivity contribution in [3.63, 3.8) is 0 Å². The van der Waals surface area contributed by atoms with Crippen molar-refractivity contribution < 1.29 is 17.2 Å². The fourth-order valence-electron chi connectivity index (χ4n) is 2.21. The number of halogens is 2. The van der Waals surface area contributed by atoms with Crippen molar-refractivity contribution in [1.82, 2.24) is 4.31 Å². The normalized spacial score (nSPS) is 16.1. The molecule has 0 radical (unpaired) electrons. The molecule has 0 atom stereocenters. The molecule has 0 fully saturated rings. The van der Waals surface area contributed by atoms with E-state index in [-0.39, 0.29) is 11.4 Å². The minimum absolute atomic E-state index is 0.213. The lowest BCUT2D eigenvalue weighted by atomic mass is 10.1. The van der Waals surface area contributed by atoms with Crippen LogP contribution in [-0.4, -0.2) is 19.3 Å². The van der Waals surface area contributed by atoms with Crippen LogP contribution in [0.25, 0.3) is 0 Å². The predicted octanol–water partition coefficient (Wildman–Crippen LogP) is 2.77. The van der Waals surface area contributed by atoms with E-state index in [1.807, 2.05) is 11.4 Å². The number of fused-ring (bicyclic) bond motifs is 1. The minimum Gasteiger partial charge on any atom is -0.207 e. The summed E-state index contributed by atoms with van der Waals surface area (Å²) in [5.41, 5.74) is 0.979. The van der Waals surface area contributed by atoms with E-state index in [9.17, 15) is 17.2 Å². The van der Waals surface area contributed by atoms with Gasteiger partial charge in [-0.2, -0.15) is 4.31 Å². The van der Waals surface area contributed by atoms with E-state index in [1.54, 1.807) is 11.3 Å². The van der Waals surface area contributed by atoms with Crippen LogP contribution in [0.3, 0.4) is 0 Å². The van der Waals surface area contributed by atoms with Crippen LogP contribution in [0.4, 0.5) is 8.78 Å². The molecule has 7 heteroatoms. The van der Waals surface area contributed by atoms with Gasteiger partial charge in [0, 0.05) is 18.0 Å². The maximum atomic E-state index is 13.2. The zero-order valence-electron chi connectivity index (χ0n) is 10.3. The number of hydrogen-bond acceptors (Lipinski definition) is 3. The summed E-state index contributed by atoms with van der Waals surface area (Å²) in [6.07, 6.45) is 0.649. The second kappa shape index (κ2) is 4.91. The molecule has 0 spiro atoms. The Morgan fingerprint density at radius 2 is 1.95 bits per heavy atom. The van der Waals surface area contributed by atoms with Gasteiger partial charge in [0.25, 0.3) is 0 Å². The van der Waals surface area contributed by atoms with Crippen LogP contribution in [0.15, 0.2) is 34.5 Å². The number of nitrogens with zero attached hydrogens (tertiary/aromatic N) is 1. The van der Waals surface area contributed by atoms with Gasteiger partial charge in [-0.25, -0.2) is 17.2 Å². The Morgan fingerprint density at radius 3 is 2.70 bits per heavy atom. The van der Waals surface area contributed by atoms with Crippen molar-refractivity contribution in [2.75, 3.05) is 6.54 Å². The highest BCUT2D eigenvalue weighted by Gasteiger charge is 2.29. The van der Waals surface area contributed by atoms with Crippen LogP contribution in [0.1, 0.15) is 10.4 Å². The predicted molar refractivity (Wildman–Crippen MR) is 72.0 cm³/mol. The summed E-state index contributed by atoms with van der Waals surface area (Å²) in [6, 6.07) is 4.56. The fourth-order valence-corrected chi connectivity index (χ4v) is 4.54. The summed E-state index contributed by atoms with van der Waals surface area (Å²) in [7, 11) is -3.79. The van der Waals surface area contributed by atoms with Crippen LogP contribution in [-0.2, 0) is 23.0 Å². The van der Waals surface area contributed by atoms with Gasteiger partial charge < -0.3 is 0 Å². The van der Waals surface area contributed by atoms with Gasteiger partial charge in [-0.15, -0.1) is 11.3 Å². The standard InChI is InChI=1S/C13H11F2NO2S2/c14-11-2-1-10(7-12(11)15)20(17,18)16-5-3-13-9(8-16)4-6-19-13/h1-2,4,6-7H,3,5,8H2. The van der Waals surface area contributed by atoms with E-state index >= 15 is 0 Å². The third-order valence-corrected chi connectivity index (χ3v) is 6.17. The molecule has 0 N–H and O–H groups in total. The van der Waals surface area contributed by atoms with Gasteiger partial charge in [-0.05, 0) is 41.6 Å². The molecule has 106 valence electrons. The van der Waals surface area contributed by atoms with Crippen molar-refractivity contribution in [3.8, 4) is 0 Å². The van der Waals surface area contributed by atoms with Crippen molar-refractivity contribution in [2.24, 2.45) is 0 Å². The summed E-state index contributed by atoms with van der Waals surface area (Å²) in [5, 5.41) is 1.93. The van der Waals surface area contributed by atoms with Gasteiger partial charge in [0.15, 0.2) is 11.6 Å². The number of thiophene rings is 1. The number of hydrogen-bond donors (Lipinski definition) is 0. The summed E-state index contributed by atoms with van der Waals surface area (Å²) in [4.78, 5) is 0.969. The van der Waals surface area contributed by atoms with Crippen LogP contribution >= 0.6 is 11.3 Å². The highest BCUT2D eigenvalue weighted by atomic mass is 32.2. The molecule has 2 heterocycles. The van der Waals surface area contributed by atoms with Gasteiger partial charge in [0.1, 0.15) is 0 Å². The third kappa shape index (κ3) is 2.25. The molecule has 0 amide bonds. The van der Waals surface area contributed by atoms with Crippen LogP contribution in [0.2, 0.25) is 0 Å². The number of rotatable bonds is 2. The summed E-state index contributed by atoms with van der Waals surface area (Å²) in [6.45, 7) is 0.634. The molecule has 20 heavy (non-hydrogen) atoms. The van der Waals surface area contributed by atoms with E-state index in [0.717, 1.165) is 23.8 Å². The Balaban J connectivity index is 1.95. The molecule has 0 saturated heterocycles. The molecule has 0 unspecified atom stereocenters. The maximum absolute atomic E-state index is 13.2. The van der Waals surface area contributed by atoms with Crippen molar-refractivity contribution >= 4 is 21.4 Å². The second-order valence-corrected chi connectivity index (χ2v) is 7.47. The average Bonchev–Trinajstić information content (AvgIpc) is 2.89. The summed E-state index contributed by atoms with van der Waals surface area (Å²) < 4.78 is 52.3. The first-order chi connectivity index (χ1) is 9.48. The topological polar surface area (TPSA) is 37.4 Å². The van der Waals surface area contributed by atoms with Gasteiger partial charge in [0.05, 0.1) is 4.90 Å². The molecule has 3 rings (SSSR count). The molecular weight excluding hydrogens is 304 g/mol. The number of benzene rings is 1. The highest BCUT2D eigenvalue weighted by Crippen LogP contribution is 2.28. The molecule has 0 saturated carbocycles. The number of sulfonamides is 1. The molecule has 1 aliphatic heterocycles. The summed E-state index contributed by atoms with van der Waals surface area (Å²) >= 11 is 1.61. The van der Waals surface area contributed by atoms with E-state index in [2.05, 4.69) is 0 Å². The lowest BCUT2D eigenvalue weighted by Crippen LogP contribution is -2.35. The molecule has 1 aromatic heterocycles. The first kappa shape index (κ1) is 13.7. The van der Waals surface area contributed by atoms with Gasteiger partial charge in [-0.1, -0.05) is 0 Å². The lowest BCUT2D eigenvalue weighted by Gasteiger charge is -2.26. The SMILES string of the molecule is O=S(=O)(c1ccc(F)c(F)c1)N1CCc2sccc2C1. The van der Waals surface area contributed by atoms with Crippen LogP contribution in [0.5, 0.6) is 0 Å². The minimum atomic E-state index is -3.79. The lowest BCUT2D eigenvalue weighted by molar-refractivity contribution is 0.393. The van der Waals surface area contributed by atoms with Crippen molar-refractivity contribution in [1.29, 1.82) is 0 Å². The zero-order valence-corrected chi connectivity index (χ0v) is 12.0. The molecule has 1 aromatic carbocycles. The zero-order chi connectivity index (χ0) is 14.3. The van der Waals surface area contributed by atoms with Crippen LogP contribution < -0.4 is 0 Å². The Labute approximate surface area is 119 Å². The molecule has 0 bridgehead atoms. The Hall–Kier alpha value is -1.31. The molecule has 3 nitrogen and oxygen atoms in total. The Morgan fingerprint density at radius 1 is 1.15 bits per heavy atom. The molecule has 2 aromatic rings. The van der Waals surface area contributed by atoms with E-state index in [0.29, 0.717) is 13.0 Å².